The van der Waals surface area contributed by atoms with Gasteiger partial charge in [0, 0.05) is 125 Å². The summed E-state index contributed by atoms with van der Waals surface area (Å²) in [5.41, 5.74) is 34.4. The molecule has 0 radical (unpaired) electrons. The number of aliphatic carboxylic acids is 1. The van der Waals surface area contributed by atoms with Crippen LogP contribution in [0.3, 0.4) is 0 Å². The maximum atomic E-state index is 13.4. The molecule has 0 aromatic heterocycles. The molecule has 5 aliphatic heterocycles. The summed E-state index contributed by atoms with van der Waals surface area (Å²) >= 11 is 0. The van der Waals surface area contributed by atoms with Crippen LogP contribution in [-0.2, 0) is 50.3 Å². The molecule has 1 fully saturated rings. The van der Waals surface area contributed by atoms with Crippen molar-refractivity contribution in [2.75, 3.05) is 0 Å². The van der Waals surface area contributed by atoms with Gasteiger partial charge in [-0.25, -0.2) is 0 Å². The van der Waals surface area contributed by atoms with Crippen molar-refractivity contribution in [3.8, 4) is 0 Å². The van der Waals surface area contributed by atoms with Gasteiger partial charge in [0.05, 0.1) is 11.6 Å². The van der Waals surface area contributed by atoms with Crippen molar-refractivity contribution in [2.45, 2.75) is 138 Å². The second-order valence-corrected chi connectivity index (χ2v) is 19.9. The molecule has 5 heterocycles. The standard InChI is InChI=1S/C45H66N10O8.Co/c1-21-36-24(10-13-30(47)57)41(3,4)28(53-36)18-27-23(9-12-29(46)56)43(6,19-33(50)60)39(52-27)22(2)37-25(11-14-31(48)58)44(7,20-34(51)61)45(8,55-37)40-26(17-32(49)59)42(5,38(21)54-40)16-15-35(62)63;/h18,23-26,40,52H,9-17,19-20H2,1-8H3,(H2,46,56)(H2,47,57)(H2,48,58)(H2,49,59)(H2,50,60)(H2,51,61)(H,62,63);/q;+3/b27-18-,36-21-,39-22-;/t23-,24-,25-,26+,40-,42-,43+,44+,45+;/m1./s1. The molecule has 1 saturated heterocycles. The van der Waals surface area contributed by atoms with Crippen molar-refractivity contribution in [1.29, 1.82) is 0 Å². The number of carboxylic acids is 1. The maximum Gasteiger partial charge on any atom is 3.00 e. The van der Waals surface area contributed by atoms with Crippen LogP contribution in [0.15, 0.2) is 49.3 Å². The number of carbonyl (C=O) groups excluding carboxylic acids is 6. The maximum absolute atomic E-state index is 13.4. The van der Waals surface area contributed by atoms with Crippen LogP contribution in [0.1, 0.15) is 126 Å². The van der Waals surface area contributed by atoms with Gasteiger partial charge in [0.2, 0.25) is 35.4 Å². The minimum absolute atomic E-state index is 0. The van der Waals surface area contributed by atoms with Crippen molar-refractivity contribution < 1.29 is 55.4 Å². The van der Waals surface area contributed by atoms with E-state index in [0.29, 0.717) is 51.8 Å². The first-order chi connectivity index (χ1) is 29.0. The number of carboxylic acid groups (broad SMARTS) is 1. The van der Waals surface area contributed by atoms with E-state index in [9.17, 15) is 38.7 Å². The first-order valence-corrected chi connectivity index (χ1v) is 21.6. The number of hydrogen-bond acceptors (Lipinski definition) is 11. The number of nitrogens with one attached hydrogen (secondary N) is 1. The molecule has 0 aromatic rings. The number of carbonyl (C=O) groups is 7. The van der Waals surface area contributed by atoms with Crippen LogP contribution in [0.25, 0.3) is 0 Å². The zero-order valence-corrected chi connectivity index (χ0v) is 39.2. The molecule has 5 aliphatic rings. The smallest absolute Gasteiger partial charge is 0.481 e. The van der Waals surface area contributed by atoms with Crippen LogP contribution in [0.4, 0.5) is 0 Å². The van der Waals surface area contributed by atoms with Crippen LogP contribution in [0.5, 0.6) is 0 Å². The van der Waals surface area contributed by atoms with E-state index >= 15 is 0 Å². The summed E-state index contributed by atoms with van der Waals surface area (Å²) < 4.78 is 0. The van der Waals surface area contributed by atoms with E-state index in [-0.39, 0.29) is 81.0 Å². The molecular weight excluding hydrogens is 867 g/mol. The summed E-state index contributed by atoms with van der Waals surface area (Å²) in [7, 11) is 0. The van der Waals surface area contributed by atoms with E-state index in [1.165, 1.54) is 0 Å². The monoisotopic (exact) mass is 933 g/mol. The summed E-state index contributed by atoms with van der Waals surface area (Å²) in [5.74, 6) is -7.06. The van der Waals surface area contributed by atoms with Crippen LogP contribution in [-0.4, -0.2) is 75.2 Å². The van der Waals surface area contributed by atoms with Gasteiger partial charge in [-0.1, -0.05) is 34.6 Å². The van der Waals surface area contributed by atoms with E-state index in [2.05, 4.69) is 5.32 Å². The quantitative estimate of drug-likeness (QED) is 0.0998. The van der Waals surface area contributed by atoms with Gasteiger partial charge in [-0.05, 0) is 63.7 Å². The molecule has 18 nitrogen and oxygen atoms in total. The SMILES string of the molecule is C/C1=C2N=C(/C=C3\N/C(=C(/C)C4=N[C@@](C)([C@@H]5N=C1[C@](C)(CCC(=O)O)[C@H]5CC(N)=O)[C@@](C)(CC(N)=O)[C@@H]4CCC(N)=O)[C@@](C)(CC(N)=O)[C@@H]3CCC(N)=O)C(C)(C)[C@@H]/2CCC(N)=O.[Co+3]. The second kappa shape index (κ2) is 18.4. The van der Waals surface area contributed by atoms with Crippen LogP contribution < -0.4 is 39.7 Å². The Morgan fingerprint density at radius 1 is 0.688 bits per heavy atom. The number of aliphatic imine (C=N–C) groups is 3. The second-order valence-electron chi connectivity index (χ2n) is 19.9. The molecule has 5 rings (SSSR count). The summed E-state index contributed by atoms with van der Waals surface area (Å²) in [4.78, 5) is 106. The van der Waals surface area contributed by atoms with Gasteiger partial charge in [0.25, 0.3) is 0 Å². The van der Waals surface area contributed by atoms with Gasteiger partial charge in [0.1, 0.15) is 0 Å². The molecule has 0 unspecified atom stereocenters. The molecule has 64 heavy (non-hydrogen) atoms. The van der Waals surface area contributed by atoms with Gasteiger partial charge < -0.3 is 44.8 Å². The topological polar surface area (TPSA) is 345 Å². The average Bonchev–Trinajstić information content (AvgIpc) is 3.75. The number of primary amides is 6. The number of nitrogens with two attached hydrogens (primary N) is 6. The molecule has 350 valence electrons. The fourth-order valence-electron chi connectivity index (χ4n) is 11.9. The zero-order valence-electron chi connectivity index (χ0n) is 38.2. The number of allylic oxidation sites excluding steroid dienone is 6. The molecular formula is C45H66CoN10O8+3. The Balaban J connectivity index is 0.00000898. The van der Waals surface area contributed by atoms with Crippen LogP contribution in [0.2, 0.25) is 0 Å². The van der Waals surface area contributed by atoms with Gasteiger partial charge in [-0.15, -0.1) is 0 Å². The number of hydrogen-bond donors (Lipinski definition) is 8. The molecule has 14 N–H and O–H groups in total. The molecule has 0 spiro atoms. The number of rotatable bonds is 18. The molecule has 9 atom stereocenters. The Morgan fingerprint density at radius 3 is 1.72 bits per heavy atom. The summed E-state index contributed by atoms with van der Waals surface area (Å²) in [6, 6.07) is -0.928. The predicted octanol–water partition coefficient (Wildman–Crippen LogP) is 2.32. The first-order valence-electron chi connectivity index (χ1n) is 21.6. The van der Waals surface area contributed by atoms with Crippen molar-refractivity contribution in [2.24, 2.45) is 94.7 Å². The molecule has 0 saturated carbocycles. The van der Waals surface area contributed by atoms with E-state index < -0.39 is 98.3 Å². The van der Waals surface area contributed by atoms with Crippen LogP contribution in [0, 0.1) is 45.3 Å². The fourth-order valence-corrected chi connectivity index (χ4v) is 11.9. The van der Waals surface area contributed by atoms with E-state index in [1.54, 1.807) is 0 Å². The van der Waals surface area contributed by atoms with Gasteiger partial charge in [-0.2, -0.15) is 0 Å². The van der Waals surface area contributed by atoms with Gasteiger partial charge in [0.15, 0.2) is 0 Å². The number of amides is 6. The first kappa shape index (κ1) is 51.5. The zero-order chi connectivity index (χ0) is 47.4. The molecule has 0 aromatic carbocycles. The van der Waals surface area contributed by atoms with Crippen molar-refractivity contribution in [1.82, 2.24) is 5.32 Å². The van der Waals surface area contributed by atoms with Crippen molar-refractivity contribution >= 4 is 58.5 Å². The summed E-state index contributed by atoms with van der Waals surface area (Å²) in [6.07, 6.45) is 1.58. The third kappa shape index (κ3) is 9.06. The summed E-state index contributed by atoms with van der Waals surface area (Å²) in [5, 5.41) is 13.8. The number of fused-ring (bicyclic) bond motifs is 6. The normalized spacial score (nSPS) is 35.6. The van der Waals surface area contributed by atoms with Gasteiger partial charge in [-0.3, -0.25) is 48.5 Å². The van der Waals surface area contributed by atoms with E-state index in [0.717, 1.165) is 0 Å². The molecule has 19 heteroatoms. The largest absolute Gasteiger partial charge is 3.00 e. The number of nitrogens with zero attached hydrogens (tertiary/aromatic N) is 3. The minimum atomic E-state index is -1.39. The Kier molecular flexibility index (Phi) is 14.8. The Labute approximate surface area is 384 Å². The van der Waals surface area contributed by atoms with Crippen molar-refractivity contribution in [3.05, 3.63) is 34.3 Å². The fraction of sp³-hybridized carbons (Fsp3) is 0.644. The third-order valence-corrected chi connectivity index (χ3v) is 15.5. The summed E-state index contributed by atoms with van der Waals surface area (Å²) in [6.45, 7) is 15.1. The molecule has 8 bridgehead atoms. The Morgan fingerprint density at radius 2 is 1.22 bits per heavy atom. The molecule has 6 amide bonds. The predicted molar refractivity (Wildman–Crippen MR) is 237 cm³/mol. The third-order valence-electron chi connectivity index (χ3n) is 15.5. The molecule has 0 aliphatic carbocycles. The van der Waals surface area contributed by atoms with E-state index in [1.807, 2.05) is 61.5 Å². The van der Waals surface area contributed by atoms with E-state index in [4.69, 9.17) is 49.4 Å². The van der Waals surface area contributed by atoms with Gasteiger partial charge >= 0.3 is 22.7 Å². The minimum Gasteiger partial charge on any atom is -0.481 e. The van der Waals surface area contributed by atoms with Crippen LogP contribution >= 0.6 is 0 Å². The van der Waals surface area contributed by atoms with Crippen molar-refractivity contribution in [3.63, 3.8) is 0 Å². The Bertz CT molecular complexity index is 2230. The Hall–Kier alpha value is -5.17. The average molecular weight is 934 g/mol.